The SMILES string of the molecule is CSc1ccccc1NC(=O)CN(C)C(C)(C)C(=O)O. The molecule has 1 aromatic carbocycles. The molecule has 0 saturated carbocycles. The van der Waals surface area contributed by atoms with Gasteiger partial charge in [-0.2, -0.15) is 0 Å². The predicted octanol–water partition coefficient (Wildman–Crippen LogP) is 2.14. The van der Waals surface area contributed by atoms with Crippen LogP contribution in [0.1, 0.15) is 13.8 Å². The number of nitrogens with one attached hydrogen (secondary N) is 1. The van der Waals surface area contributed by atoms with Crippen molar-refractivity contribution in [2.24, 2.45) is 0 Å². The van der Waals surface area contributed by atoms with Gasteiger partial charge in [-0.3, -0.25) is 14.5 Å². The van der Waals surface area contributed by atoms with Crippen molar-refractivity contribution in [2.75, 3.05) is 25.2 Å². The highest BCUT2D eigenvalue weighted by Gasteiger charge is 2.32. The number of thioether (sulfide) groups is 1. The number of benzene rings is 1. The van der Waals surface area contributed by atoms with Crippen molar-refractivity contribution in [1.29, 1.82) is 0 Å². The Morgan fingerprint density at radius 1 is 1.35 bits per heavy atom. The third kappa shape index (κ3) is 3.98. The first-order chi connectivity index (χ1) is 9.28. The summed E-state index contributed by atoms with van der Waals surface area (Å²) in [5, 5.41) is 11.9. The Kier molecular flexibility index (Phi) is 5.59. The minimum atomic E-state index is -1.09. The smallest absolute Gasteiger partial charge is 0.323 e. The summed E-state index contributed by atoms with van der Waals surface area (Å²) in [6.07, 6.45) is 1.94. The fourth-order valence-electron chi connectivity index (χ4n) is 1.51. The molecule has 0 spiro atoms. The van der Waals surface area contributed by atoms with Gasteiger partial charge in [0.15, 0.2) is 0 Å². The van der Waals surface area contributed by atoms with Crippen molar-refractivity contribution in [3.63, 3.8) is 0 Å². The predicted molar refractivity (Wildman–Crippen MR) is 81.2 cm³/mol. The van der Waals surface area contributed by atoms with Gasteiger partial charge in [0.2, 0.25) is 5.91 Å². The van der Waals surface area contributed by atoms with E-state index < -0.39 is 11.5 Å². The summed E-state index contributed by atoms with van der Waals surface area (Å²) in [6.45, 7) is 3.15. The highest BCUT2D eigenvalue weighted by Crippen LogP contribution is 2.24. The van der Waals surface area contributed by atoms with Gasteiger partial charge in [-0.1, -0.05) is 12.1 Å². The minimum absolute atomic E-state index is 0.0159. The fourth-order valence-corrected chi connectivity index (χ4v) is 2.07. The lowest BCUT2D eigenvalue weighted by Crippen LogP contribution is -2.50. The summed E-state index contributed by atoms with van der Waals surface area (Å²) >= 11 is 1.54. The molecule has 0 saturated heterocycles. The second-order valence-electron chi connectivity index (χ2n) is 4.97. The number of amides is 1. The molecule has 1 aromatic rings. The van der Waals surface area contributed by atoms with Gasteiger partial charge in [-0.25, -0.2) is 0 Å². The number of hydrogen-bond donors (Lipinski definition) is 2. The molecule has 0 fully saturated rings. The van der Waals surface area contributed by atoms with Crippen LogP contribution in [0.2, 0.25) is 0 Å². The van der Waals surface area contributed by atoms with E-state index in [0.717, 1.165) is 10.6 Å². The van der Waals surface area contributed by atoms with Gasteiger partial charge in [0, 0.05) is 4.90 Å². The number of carbonyl (C=O) groups excluding carboxylic acids is 1. The lowest BCUT2D eigenvalue weighted by Gasteiger charge is -2.30. The Labute approximate surface area is 123 Å². The van der Waals surface area contributed by atoms with Gasteiger partial charge in [0.1, 0.15) is 5.54 Å². The number of aliphatic carboxylic acids is 1. The van der Waals surface area contributed by atoms with Crippen molar-refractivity contribution < 1.29 is 14.7 Å². The van der Waals surface area contributed by atoms with Crippen molar-refractivity contribution in [2.45, 2.75) is 24.3 Å². The van der Waals surface area contributed by atoms with Crippen LogP contribution in [0.3, 0.4) is 0 Å². The molecular formula is C14H20N2O3S. The van der Waals surface area contributed by atoms with Crippen molar-refractivity contribution >= 4 is 29.3 Å². The summed E-state index contributed by atoms with van der Waals surface area (Å²) in [7, 11) is 1.62. The number of carboxylic acids is 1. The van der Waals surface area contributed by atoms with Crippen molar-refractivity contribution in [3.05, 3.63) is 24.3 Å². The molecule has 1 rings (SSSR count). The summed E-state index contributed by atoms with van der Waals surface area (Å²) in [4.78, 5) is 25.6. The molecule has 0 atom stereocenters. The molecule has 0 heterocycles. The molecule has 0 aromatic heterocycles. The topological polar surface area (TPSA) is 69.6 Å². The Hall–Kier alpha value is -1.53. The number of carboxylic acid groups (broad SMARTS) is 1. The molecule has 0 aliphatic rings. The van der Waals surface area contributed by atoms with Crippen LogP contribution in [-0.4, -0.2) is 47.3 Å². The maximum Gasteiger partial charge on any atom is 0.323 e. The molecule has 0 unspecified atom stereocenters. The number of nitrogens with zero attached hydrogens (tertiary/aromatic N) is 1. The van der Waals surface area contributed by atoms with Gasteiger partial charge < -0.3 is 10.4 Å². The first-order valence-corrected chi connectivity index (χ1v) is 7.39. The first-order valence-electron chi connectivity index (χ1n) is 6.16. The van der Waals surface area contributed by atoms with Crippen LogP contribution in [0, 0.1) is 0 Å². The van der Waals surface area contributed by atoms with E-state index in [1.54, 1.807) is 32.7 Å². The summed E-state index contributed by atoms with van der Waals surface area (Å²) in [5.74, 6) is -1.19. The fraction of sp³-hybridized carbons (Fsp3) is 0.429. The molecule has 6 heteroatoms. The first kappa shape index (κ1) is 16.5. The van der Waals surface area contributed by atoms with E-state index in [1.807, 2.05) is 30.5 Å². The van der Waals surface area contributed by atoms with E-state index in [0.29, 0.717) is 0 Å². The Balaban J connectivity index is 2.71. The van der Waals surface area contributed by atoms with Crippen molar-refractivity contribution in [3.8, 4) is 0 Å². The third-order valence-electron chi connectivity index (χ3n) is 3.24. The summed E-state index contributed by atoms with van der Waals surface area (Å²) in [6, 6.07) is 7.50. The number of rotatable bonds is 6. The van der Waals surface area contributed by atoms with Crippen molar-refractivity contribution in [1.82, 2.24) is 4.90 Å². The number of para-hydroxylation sites is 1. The molecule has 0 bridgehead atoms. The van der Waals surface area contributed by atoms with Crippen LogP contribution in [0.15, 0.2) is 29.2 Å². The van der Waals surface area contributed by atoms with Gasteiger partial charge in [-0.15, -0.1) is 11.8 Å². The van der Waals surface area contributed by atoms with E-state index >= 15 is 0 Å². The van der Waals surface area contributed by atoms with E-state index in [-0.39, 0.29) is 12.5 Å². The third-order valence-corrected chi connectivity index (χ3v) is 4.04. The van der Waals surface area contributed by atoms with Crippen LogP contribution >= 0.6 is 11.8 Å². The lowest BCUT2D eigenvalue weighted by atomic mass is 10.0. The Bertz CT molecular complexity index is 503. The van der Waals surface area contributed by atoms with Gasteiger partial charge in [-0.05, 0) is 39.3 Å². The number of carbonyl (C=O) groups is 2. The molecule has 0 radical (unpaired) electrons. The maximum atomic E-state index is 12.0. The monoisotopic (exact) mass is 296 g/mol. The van der Waals surface area contributed by atoms with Crippen LogP contribution in [-0.2, 0) is 9.59 Å². The highest BCUT2D eigenvalue weighted by molar-refractivity contribution is 7.98. The Morgan fingerprint density at radius 3 is 2.50 bits per heavy atom. The number of anilines is 1. The van der Waals surface area contributed by atoms with Gasteiger partial charge in [0.25, 0.3) is 0 Å². The highest BCUT2D eigenvalue weighted by atomic mass is 32.2. The molecule has 0 aliphatic heterocycles. The molecular weight excluding hydrogens is 276 g/mol. The quantitative estimate of drug-likeness (QED) is 0.787. The second-order valence-corrected chi connectivity index (χ2v) is 5.82. The average molecular weight is 296 g/mol. The van der Waals surface area contributed by atoms with Crippen LogP contribution in [0.25, 0.3) is 0 Å². The molecule has 20 heavy (non-hydrogen) atoms. The van der Waals surface area contributed by atoms with E-state index in [4.69, 9.17) is 5.11 Å². The summed E-state index contributed by atoms with van der Waals surface area (Å²) < 4.78 is 0. The van der Waals surface area contributed by atoms with E-state index in [1.165, 1.54) is 4.90 Å². The molecule has 0 aliphatic carbocycles. The van der Waals surface area contributed by atoms with Crippen LogP contribution in [0.4, 0.5) is 5.69 Å². The molecule has 5 nitrogen and oxygen atoms in total. The summed E-state index contributed by atoms with van der Waals surface area (Å²) in [5.41, 5.74) is -0.345. The van der Waals surface area contributed by atoms with Gasteiger partial charge >= 0.3 is 5.97 Å². The number of likely N-dealkylation sites (N-methyl/N-ethyl adjacent to an activating group) is 1. The van der Waals surface area contributed by atoms with Crippen LogP contribution < -0.4 is 5.32 Å². The zero-order valence-electron chi connectivity index (χ0n) is 12.1. The second kappa shape index (κ2) is 6.76. The largest absolute Gasteiger partial charge is 0.480 e. The van der Waals surface area contributed by atoms with Gasteiger partial charge in [0.05, 0.1) is 12.2 Å². The molecule has 1 amide bonds. The zero-order chi connectivity index (χ0) is 15.3. The average Bonchev–Trinajstić information content (AvgIpc) is 2.38. The van der Waals surface area contributed by atoms with E-state index in [9.17, 15) is 9.59 Å². The molecule has 2 N–H and O–H groups in total. The number of hydrogen-bond acceptors (Lipinski definition) is 4. The zero-order valence-corrected chi connectivity index (χ0v) is 13.0. The molecule has 110 valence electrons. The van der Waals surface area contributed by atoms with E-state index in [2.05, 4.69) is 5.32 Å². The Morgan fingerprint density at radius 2 is 1.95 bits per heavy atom. The lowest BCUT2D eigenvalue weighted by molar-refractivity contribution is -0.148. The van der Waals surface area contributed by atoms with Crippen LogP contribution in [0.5, 0.6) is 0 Å². The normalized spacial score (nSPS) is 11.4. The maximum absolute atomic E-state index is 12.0. The standard InChI is InChI=1S/C14H20N2O3S/c1-14(2,13(18)19)16(3)9-12(17)15-10-7-5-6-8-11(10)20-4/h5-8H,9H2,1-4H3,(H,15,17)(H,18,19). The minimum Gasteiger partial charge on any atom is -0.480 e.